The predicted octanol–water partition coefficient (Wildman–Crippen LogP) is 9.26. The van der Waals surface area contributed by atoms with Crippen LogP contribution in [-0.2, 0) is 0 Å². The lowest BCUT2D eigenvalue weighted by atomic mass is 10.0. The second-order valence-electron chi connectivity index (χ2n) is 10.8. The molecule has 41 heavy (non-hydrogen) atoms. The largest absolute Gasteiger partial charge is 0.309 e. The van der Waals surface area contributed by atoms with Crippen molar-refractivity contribution in [2.75, 3.05) is 0 Å². The van der Waals surface area contributed by atoms with E-state index in [1.165, 1.54) is 54.9 Å². The minimum Gasteiger partial charge on any atom is -0.309 e. The third kappa shape index (κ3) is 3.54. The van der Waals surface area contributed by atoms with Crippen LogP contribution in [0.3, 0.4) is 0 Å². The summed E-state index contributed by atoms with van der Waals surface area (Å²) in [7, 11) is 0. The molecule has 4 heteroatoms. The van der Waals surface area contributed by atoms with Crippen LogP contribution in [0.1, 0.15) is 17.2 Å². The van der Waals surface area contributed by atoms with Crippen molar-refractivity contribution in [2.45, 2.75) is 20.8 Å². The standard InChI is InChI=1S/C37H28N4/c1-23-37(24(2)39-25(3)38-23)41-34-16-10-8-14-30(34)32-22-27(18-20-36(32)41)26-17-19-35-31(21-26)29-13-7-9-15-33(29)40(35)28-11-5-4-6-12-28/h4-22H,1-3H3. The third-order valence-electron chi connectivity index (χ3n) is 8.26. The van der Waals surface area contributed by atoms with Gasteiger partial charge in [-0.1, -0.05) is 66.7 Å². The molecule has 0 fully saturated rings. The number of rotatable bonds is 3. The van der Waals surface area contributed by atoms with Crippen LogP contribution in [-0.4, -0.2) is 19.1 Å². The minimum absolute atomic E-state index is 0.802. The molecule has 8 aromatic rings. The van der Waals surface area contributed by atoms with E-state index >= 15 is 0 Å². The third-order valence-corrected chi connectivity index (χ3v) is 8.26. The van der Waals surface area contributed by atoms with Crippen molar-refractivity contribution in [1.29, 1.82) is 0 Å². The summed E-state index contributed by atoms with van der Waals surface area (Å²) >= 11 is 0. The first-order valence-electron chi connectivity index (χ1n) is 14.0. The zero-order valence-corrected chi connectivity index (χ0v) is 23.3. The van der Waals surface area contributed by atoms with Crippen molar-refractivity contribution in [3.05, 3.63) is 132 Å². The number of para-hydroxylation sites is 3. The molecule has 0 aliphatic rings. The molecule has 5 aromatic carbocycles. The van der Waals surface area contributed by atoms with Gasteiger partial charge in [0.1, 0.15) is 5.82 Å². The molecule has 0 amide bonds. The summed E-state index contributed by atoms with van der Waals surface area (Å²) in [6.07, 6.45) is 0. The molecule has 3 heterocycles. The minimum atomic E-state index is 0.802. The normalized spacial score (nSPS) is 11.8. The highest BCUT2D eigenvalue weighted by molar-refractivity contribution is 6.12. The van der Waals surface area contributed by atoms with Crippen LogP contribution in [0.5, 0.6) is 0 Å². The van der Waals surface area contributed by atoms with E-state index in [2.05, 4.69) is 138 Å². The van der Waals surface area contributed by atoms with Crippen molar-refractivity contribution in [1.82, 2.24) is 19.1 Å². The first kappa shape index (κ1) is 23.6. The summed E-state index contributed by atoms with van der Waals surface area (Å²) in [5.41, 5.74) is 11.4. The highest BCUT2D eigenvalue weighted by atomic mass is 15.0. The Balaban J connectivity index is 1.36. The Morgan fingerprint density at radius 1 is 0.439 bits per heavy atom. The fraction of sp³-hybridized carbons (Fsp3) is 0.0811. The van der Waals surface area contributed by atoms with E-state index in [1.807, 2.05) is 6.92 Å². The Bertz CT molecular complexity index is 2260. The average Bonchev–Trinajstić information content (AvgIpc) is 3.50. The van der Waals surface area contributed by atoms with Gasteiger partial charge in [-0.3, -0.25) is 0 Å². The van der Waals surface area contributed by atoms with Crippen molar-refractivity contribution in [3.63, 3.8) is 0 Å². The van der Waals surface area contributed by atoms with Crippen molar-refractivity contribution in [3.8, 4) is 22.5 Å². The lowest BCUT2D eigenvalue weighted by molar-refractivity contribution is 0.934. The first-order chi connectivity index (χ1) is 20.1. The number of aromatic nitrogens is 4. The molecular weight excluding hydrogens is 500 g/mol. The molecule has 0 saturated heterocycles. The second-order valence-corrected chi connectivity index (χ2v) is 10.8. The Labute approximate surface area is 238 Å². The van der Waals surface area contributed by atoms with Gasteiger partial charge in [-0.2, -0.15) is 0 Å². The number of aryl methyl sites for hydroxylation is 3. The molecular formula is C37H28N4. The maximum Gasteiger partial charge on any atom is 0.125 e. The fourth-order valence-electron chi connectivity index (χ4n) is 6.60. The Hall–Kier alpha value is -5.22. The van der Waals surface area contributed by atoms with Gasteiger partial charge in [-0.05, 0) is 80.4 Å². The van der Waals surface area contributed by atoms with Crippen LogP contribution in [0.25, 0.3) is 66.1 Å². The van der Waals surface area contributed by atoms with Gasteiger partial charge in [0.15, 0.2) is 0 Å². The molecule has 0 aliphatic heterocycles. The van der Waals surface area contributed by atoms with Gasteiger partial charge in [-0.25, -0.2) is 9.97 Å². The van der Waals surface area contributed by atoms with E-state index < -0.39 is 0 Å². The molecule has 196 valence electrons. The van der Waals surface area contributed by atoms with E-state index in [1.54, 1.807) is 0 Å². The first-order valence-corrected chi connectivity index (χ1v) is 14.0. The Kier molecular flexibility index (Phi) is 5.13. The molecule has 8 rings (SSSR count). The van der Waals surface area contributed by atoms with Crippen molar-refractivity contribution in [2.24, 2.45) is 0 Å². The highest BCUT2D eigenvalue weighted by Crippen LogP contribution is 2.38. The van der Waals surface area contributed by atoms with E-state index in [0.717, 1.165) is 28.4 Å². The summed E-state index contributed by atoms with van der Waals surface area (Å²) < 4.78 is 4.69. The Morgan fingerprint density at radius 3 is 1.49 bits per heavy atom. The van der Waals surface area contributed by atoms with Crippen LogP contribution in [0.4, 0.5) is 0 Å². The van der Waals surface area contributed by atoms with E-state index in [-0.39, 0.29) is 0 Å². The zero-order valence-electron chi connectivity index (χ0n) is 23.3. The second kappa shape index (κ2) is 8.90. The van der Waals surface area contributed by atoms with Gasteiger partial charge in [0, 0.05) is 27.2 Å². The molecule has 0 spiro atoms. The molecule has 0 aliphatic carbocycles. The lowest BCUT2D eigenvalue weighted by Gasteiger charge is -2.14. The van der Waals surface area contributed by atoms with Gasteiger partial charge in [0.25, 0.3) is 0 Å². The maximum absolute atomic E-state index is 4.71. The molecule has 0 saturated carbocycles. The number of hydrogen-bond acceptors (Lipinski definition) is 2. The van der Waals surface area contributed by atoms with Gasteiger partial charge in [0.2, 0.25) is 0 Å². The predicted molar refractivity (Wildman–Crippen MR) is 170 cm³/mol. The van der Waals surface area contributed by atoms with Crippen LogP contribution < -0.4 is 0 Å². The smallest absolute Gasteiger partial charge is 0.125 e. The summed E-state index contributed by atoms with van der Waals surface area (Å²) in [5, 5.41) is 4.97. The summed E-state index contributed by atoms with van der Waals surface area (Å²) in [6.45, 7) is 6.11. The lowest BCUT2D eigenvalue weighted by Crippen LogP contribution is -2.06. The highest BCUT2D eigenvalue weighted by Gasteiger charge is 2.18. The maximum atomic E-state index is 4.71. The molecule has 4 nitrogen and oxygen atoms in total. The number of benzene rings is 5. The Morgan fingerprint density at radius 2 is 0.902 bits per heavy atom. The van der Waals surface area contributed by atoms with Gasteiger partial charge >= 0.3 is 0 Å². The number of nitrogens with zero attached hydrogens (tertiary/aromatic N) is 4. The molecule has 0 N–H and O–H groups in total. The van der Waals surface area contributed by atoms with Crippen molar-refractivity contribution < 1.29 is 0 Å². The van der Waals surface area contributed by atoms with Crippen LogP contribution in [0.15, 0.2) is 115 Å². The van der Waals surface area contributed by atoms with Crippen LogP contribution in [0.2, 0.25) is 0 Å². The quantitative estimate of drug-likeness (QED) is 0.229. The van der Waals surface area contributed by atoms with Crippen LogP contribution in [0, 0.1) is 20.8 Å². The number of fused-ring (bicyclic) bond motifs is 6. The SMILES string of the molecule is Cc1nc(C)c(-n2c3ccccc3c3cc(-c4ccc5c(c4)c4ccccc4n5-c4ccccc4)ccc32)c(C)n1. The summed E-state index contributed by atoms with van der Waals surface area (Å²) in [4.78, 5) is 9.43. The van der Waals surface area contributed by atoms with Gasteiger partial charge in [-0.15, -0.1) is 0 Å². The number of hydrogen-bond donors (Lipinski definition) is 0. The van der Waals surface area contributed by atoms with Gasteiger partial charge < -0.3 is 9.13 Å². The van der Waals surface area contributed by atoms with Gasteiger partial charge in [0.05, 0.1) is 39.1 Å². The average molecular weight is 529 g/mol. The summed E-state index contributed by atoms with van der Waals surface area (Å²) in [6, 6.07) is 41.6. The molecule has 3 aromatic heterocycles. The van der Waals surface area contributed by atoms with Crippen LogP contribution >= 0.6 is 0 Å². The fourth-order valence-corrected chi connectivity index (χ4v) is 6.60. The molecule has 0 bridgehead atoms. The van der Waals surface area contributed by atoms with E-state index in [0.29, 0.717) is 0 Å². The molecule has 0 unspecified atom stereocenters. The van der Waals surface area contributed by atoms with E-state index in [9.17, 15) is 0 Å². The summed E-state index contributed by atoms with van der Waals surface area (Å²) in [5.74, 6) is 0.802. The van der Waals surface area contributed by atoms with Crippen molar-refractivity contribution >= 4 is 43.6 Å². The van der Waals surface area contributed by atoms with E-state index in [4.69, 9.17) is 9.97 Å². The molecule has 0 atom stereocenters. The topological polar surface area (TPSA) is 35.6 Å². The zero-order chi connectivity index (χ0) is 27.7. The monoisotopic (exact) mass is 528 g/mol. The molecule has 0 radical (unpaired) electrons.